The Bertz CT molecular complexity index is 1370. The van der Waals surface area contributed by atoms with E-state index in [1.807, 2.05) is 43.7 Å². The number of hydrogen-bond acceptors (Lipinski definition) is 3. The highest BCUT2D eigenvalue weighted by Crippen LogP contribution is 2.28. The number of nitrogens with zero attached hydrogens (tertiary/aromatic N) is 5. The van der Waals surface area contributed by atoms with Gasteiger partial charge in [0, 0.05) is 47.7 Å². The summed E-state index contributed by atoms with van der Waals surface area (Å²) in [7, 11) is 1.92. The van der Waals surface area contributed by atoms with Gasteiger partial charge < -0.3 is 4.57 Å². The van der Waals surface area contributed by atoms with Gasteiger partial charge in [-0.05, 0) is 59.2 Å². The van der Waals surface area contributed by atoms with Crippen molar-refractivity contribution in [2.24, 2.45) is 7.05 Å². The number of hydrogen-bond donors (Lipinski definition) is 0. The van der Waals surface area contributed by atoms with Crippen LogP contribution in [0.1, 0.15) is 17.0 Å². The molecule has 0 saturated heterocycles. The van der Waals surface area contributed by atoms with E-state index >= 15 is 0 Å². The van der Waals surface area contributed by atoms with Crippen LogP contribution in [0.5, 0.6) is 0 Å². The van der Waals surface area contributed by atoms with Crippen molar-refractivity contribution in [1.29, 1.82) is 0 Å². The molecule has 0 aliphatic carbocycles. The smallest absolute Gasteiger partial charge is 0.114 e. The van der Waals surface area contributed by atoms with Crippen LogP contribution in [0.15, 0.2) is 73.3 Å². The fraction of sp³-hybridized carbons (Fsp3) is 0.125. The number of fused-ring (bicyclic) bond motifs is 1. The van der Waals surface area contributed by atoms with Gasteiger partial charge in [0.05, 0.1) is 23.8 Å². The van der Waals surface area contributed by atoms with Gasteiger partial charge in [-0.1, -0.05) is 29.3 Å². The highest BCUT2D eigenvalue weighted by Gasteiger charge is 2.15. The van der Waals surface area contributed by atoms with E-state index in [0.717, 1.165) is 39.1 Å². The predicted octanol–water partition coefficient (Wildman–Crippen LogP) is 5.78. The van der Waals surface area contributed by atoms with Crippen molar-refractivity contribution in [3.05, 3.63) is 100 Å². The predicted molar refractivity (Wildman–Crippen MR) is 125 cm³/mol. The van der Waals surface area contributed by atoms with Gasteiger partial charge in [-0.25, -0.2) is 4.98 Å². The van der Waals surface area contributed by atoms with E-state index in [2.05, 4.69) is 32.8 Å². The summed E-state index contributed by atoms with van der Waals surface area (Å²) in [5, 5.41) is 5.65. The van der Waals surface area contributed by atoms with Gasteiger partial charge in [-0.15, -0.1) is 0 Å². The maximum atomic E-state index is 6.50. The summed E-state index contributed by atoms with van der Waals surface area (Å²) < 4.78 is 4.02. The quantitative estimate of drug-likeness (QED) is 0.343. The summed E-state index contributed by atoms with van der Waals surface area (Å²) >= 11 is 12.7. The lowest BCUT2D eigenvalue weighted by Gasteiger charge is -2.12. The second kappa shape index (κ2) is 8.17. The first-order valence-electron chi connectivity index (χ1n) is 9.88. The van der Waals surface area contributed by atoms with Crippen LogP contribution in [0.2, 0.25) is 10.0 Å². The zero-order valence-electron chi connectivity index (χ0n) is 16.8. The molecule has 3 aromatic heterocycles. The minimum absolute atomic E-state index is 0.576. The summed E-state index contributed by atoms with van der Waals surface area (Å²) in [6.07, 6.45) is 8.17. The molecule has 0 unspecified atom stereocenters. The fourth-order valence-corrected chi connectivity index (χ4v) is 4.12. The molecule has 5 rings (SSSR count). The van der Waals surface area contributed by atoms with Gasteiger partial charge in [0.2, 0.25) is 0 Å². The molecule has 31 heavy (non-hydrogen) atoms. The maximum Gasteiger partial charge on any atom is 0.114 e. The van der Waals surface area contributed by atoms with Crippen molar-refractivity contribution in [2.75, 3.05) is 0 Å². The summed E-state index contributed by atoms with van der Waals surface area (Å²) in [6.45, 7) is 0.576. The number of imidazole rings is 1. The molecule has 0 aliphatic heterocycles. The Hall–Kier alpha value is -3.15. The lowest BCUT2D eigenvalue weighted by molar-refractivity contribution is 0.762. The van der Waals surface area contributed by atoms with Gasteiger partial charge in [0.15, 0.2) is 0 Å². The number of rotatable bonds is 5. The van der Waals surface area contributed by atoms with E-state index in [9.17, 15) is 0 Å². The summed E-state index contributed by atoms with van der Waals surface area (Å²) in [5.74, 6) is 0.959. The van der Waals surface area contributed by atoms with Gasteiger partial charge in [-0.2, -0.15) is 5.10 Å². The van der Waals surface area contributed by atoms with Crippen molar-refractivity contribution in [2.45, 2.75) is 13.0 Å². The van der Waals surface area contributed by atoms with Crippen molar-refractivity contribution >= 4 is 34.2 Å². The van der Waals surface area contributed by atoms with Crippen LogP contribution in [-0.2, 0) is 20.0 Å². The van der Waals surface area contributed by atoms with E-state index < -0.39 is 0 Å². The summed E-state index contributed by atoms with van der Waals surface area (Å²) in [6, 6.07) is 15.9. The lowest BCUT2D eigenvalue weighted by Crippen LogP contribution is -2.06. The molecule has 0 saturated carbocycles. The van der Waals surface area contributed by atoms with Crippen LogP contribution in [-0.4, -0.2) is 24.3 Å². The van der Waals surface area contributed by atoms with Crippen LogP contribution in [0.4, 0.5) is 0 Å². The van der Waals surface area contributed by atoms with E-state index in [1.165, 1.54) is 0 Å². The van der Waals surface area contributed by atoms with E-state index in [-0.39, 0.29) is 0 Å². The molecule has 0 aliphatic rings. The topological polar surface area (TPSA) is 48.5 Å². The maximum absolute atomic E-state index is 6.50. The van der Waals surface area contributed by atoms with Crippen molar-refractivity contribution in [3.8, 4) is 11.1 Å². The molecule has 3 heterocycles. The highest BCUT2D eigenvalue weighted by molar-refractivity contribution is 6.33. The second-order valence-corrected chi connectivity index (χ2v) is 8.33. The molecule has 0 atom stereocenters. The average molecular weight is 448 g/mol. The number of aryl methyl sites for hydroxylation is 1. The Morgan fingerprint density at radius 2 is 1.77 bits per heavy atom. The van der Waals surface area contributed by atoms with Gasteiger partial charge in [-0.3, -0.25) is 9.67 Å². The lowest BCUT2D eigenvalue weighted by atomic mass is 10.1. The van der Waals surface area contributed by atoms with E-state index in [4.69, 9.17) is 28.2 Å². The third-order valence-electron chi connectivity index (χ3n) is 5.31. The zero-order valence-corrected chi connectivity index (χ0v) is 18.3. The molecule has 0 fully saturated rings. The molecule has 0 N–H and O–H groups in total. The highest BCUT2D eigenvalue weighted by atomic mass is 35.5. The molecule has 5 aromatic rings. The molecule has 154 valence electrons. The van der Waals surface area contributed by atoms with Crippen LogP contribution in [0.25, 0.3) is 22.2 Å². The van der Waals surface area contributed by atoms with Gasteiger partial charge in [0.25, 0.3) is 0 Å². The van der Waals surface area contributed by atoms with Gasteiger partial charge in [0.1, 0.15) is 5.82 Å². The van der Waals surface area contributed by atoms with Gasteiger partial charge >= 0.3 is 0 Å². The Morgan fingerprint density at radius 1 is 0.935 bits per heavy atom. The Labute approximate surface area is 189 Å². The molecule has 0 bridgehead atoms. The largest absolute Gasteiger partial charge is 0.323 e. The first-order valence-corrected chi connectivity index (χ1v) is 10.6. The zero-order chi connectivity index (χ0) is 21.4. The average Bonchev–Trinajstić information content (AvgIpc) is 3.35. The van der Waals surface area contributed by atoms with Crippen LogP contribution < -0.4 is 0 Å². The Kier molecular flexibility index (Phi) is 5.22. The first-order chi connectivity index (χ1) is 15.1. The standard InChI is InChI=1S/C24H19Cl2N5/c1-30-14-19(13-28-30)17-2-5-22-23(12-17)31(15-18-11-20(25)3-4-21(18)26)24(29-22)10-16-6-8-27-9-7-16/h2-9,11-14H,10,15H2,1H3. The number of benzene rings is 2. The van der Waals surface area contributed by atoms with Crippen molar-refractivity contribution in [1.82, 2.24) is 24.3 Å². The fourth-order valence-electron chi connectivity index (χ4n) is 3.75. The van der Waals surface area contributed by atoms with E-state index in [0.29, 0.717) is 23.0 Å². The monoisotopic (exact) mass is 447 g/mol. The molecule has 0 radical (unpaired) electrons. The normalized spacial score (nSPS) is 11.3. The third kappa shape index (κ3) is 4.07. The molecule has 0 spiro atoms. The minimum atomic E-state index is 0.576. The summed E-state index contributed by atoms with van der Waals surface area (Å²) in [5.41, 5.74) is 6.24. The SMILES string of the molecule is Cn1cc(-c2ccc3nc(Cc4ccncc4)n(Cc4cc(Cl)ccc4Cl)c3c2)cn1. The molecule has 7 heteroatoms. The minimum Gasteiger partial charge on any atom is -0.323 e. The molecule has 0 amide bonds. The third-order valence-corrected chi connectivity index (χ3v) is 5.92. The number of pyridine rings is 1. The molecular formula is C24H19Cl2N5. The Balaban J connectivity index is 1.65. The first kappa shape index (κ1) is 19.8. The number of halogens is 2. The van der Waals surface area contributed by atoms with Crippen LogP contribution >= 0.6 is 23.2 Å². The number of aromatic nitrogens is 5. The van der Waals surface area contributed by atoms with Crippen molar-refractivity contribution in [3.63, 3.8) is 0 Å². The molecular weight excluding hydrogens is 429 g/mol. The van der Waals surface area contributed by atoms with E-state index in [1.54, 1.807) is 23.1 Å². The summed E-state index contributed by atoms with van der Waals surface area (Å²) in [4.78, 5) is 9.06. The molecule has 5 nitrogen and oxygen atoms in total. The Morgan fingerprint density at radius 3 is 2.55 bits per heavy atom. The van der Waals surface area contributed by atoms with Crippen LogP contribution in [0.3, 0.4) is 0 Å². The van der Waals surface area contributed by atoms with Crippen LogP contribution in [0, 0.1) is 0 Å². The van der Waals surface area contributed by atoms with Crippen molar-refractivity contribution < 1.29 is 0 Å². The molecule has 2 aromatic carbocycles. The second-order valence-electron chi connectivity index (χ2n) is 7.49.